The molecule has 0 aliphatic carbocycles. The van der Waals surface area contributed by atoms with Crippen LogP contribution in [0.15, 0.2) is 18.2 Å². The van der Waals surface area contributed by atoms with Gasteiger partial charge in [0.25, 0.3) is 0 Å². The summed E-state index contributed by atoms with van der Waals surface area (Å²) >= 11 is 0. The lowest BCUT2D eigenvalue weighted by molar-refractivity contribution is 0.125. The summed E-state index contributed by atoms with van der Waals surface area (Å²) in [6.45, 7) is 9.10. The van der Waals surface area contributed by atoms with Gasteiger partial charge in [-0.15, -0.1) is 0 Å². The Morgan fingerprint density at radius 1 is 1.19 bits per heavy atom. The van der Waals surface area contributed by atoms with Crippen LogP contribution in [0, 0.1) is 5.92 Å². The molecule has 0 saturated carbocycles. The van der Waals surface area contributed by atoms with E-state index in [0.717, 1.165) is 69.4 Å². The van der Waals surface area contributed by atoms with Crippen LogP contribution in [0.4, 0.5) is 0 Å². The second kappa shape index (κ2) is 8.90. The number of hydrogen-bond donors (Lipinski definition) is 1. The highest BCUT2D eigenvalue weighted by molar-refractivity contribution is 5.46. The molecule has 0 saturated heterocycles. The van der Waals surface area contributed by atoms with Crippen LogP contribution in [0.3, 0.4) is 0 Å². The van der Waals surface area contributed by atoms with Gasteiger partial charge in [-0.25, -0.2) is 0 Å². The zero-order valence-corrected chi connectivity index (χ0v) is 13.2. The van der Waals surface area contributed by atoms with E-state index in [4.69, 9.17) is 14.2 Å². The number of ether oxygens (including phenoxy) is 3. The second-order valence-corrected chi connectivity index (χ2v) is 5.77. The van der Waals surface area contributed by atoms with Gasteiger partial charge in [0.2, 0.25) is 0 Å². The maximum Gasteiger partial charge on any atom is 0.165 e. The molecular formula is C17H27NO3. The summed E-state index contributed by atoms with van der Waals surface area (Å²) in [7, 11) is 0. The molecule has 0 atom stereocenters. The van der Waals surface area contributed by atoms with Crippen molar-refractivity contribution in [1.29, 1.82) is 0 Å². The van der Waals surface area contributed by atoms with E-state index in [9.17, 15) is 0 Å². The number of benzene rings is 1. The highest BCUT2D eigenvalue weighted by Gasteiger charge is 2.13. The van der Waals surface area contributed by atoms with E-state index in [1.165, 1.54) is 0 Å². The van der Waals surface area contributed by atoms with Crippen molar-refractivity contribution in [3.05, 3.63) is 23.8 Å². The molecule has 0 aromatic heterocycles. The number of rotatable bonds is 8. The van der Waals surface area contributed by atoms with Crippen molar-refractivity contribution in [2.24, 2.45) is 5.92 Å². The molecule has 1 aliphatic rings. The first-order valence-corrected chi connectivity index (χ1v) is 7.93. The SMILES string of the molecule is CC(C)CCOCCNCc1cccc2c1OCCCO2. The van der Waals surface area contributed by atoms with Crippen molar-refractivity contribution in [3.63, 3.8) is 0 Å². The van der Waals surface area contributed by atoms with E-state index in [1.807, 2.05) is 12.1 Å². The maximum atomic E-state index is 5.81. The van der Waals surface area contributed by atoms with Crippen LogP contribution >= 0.6 is 0 Å². The fourth-order valence-corrected chi connectivity index (χ4v) is 2.18. The zero-order valence-electron chi connectivity index (χ0n) is 13.2. The highest BCUT2D eigenvalue weighted by Crippen LogP contribution is 2.32. The van der Waals surface area contributed by atoms with Gasteiger partial charge in [-0.1, -0.05) is 26.0 Å². The maximum absolute atomic E-state index is 5.81. The fourth-order valence-electron chi connectivity index (χ4n) is 2.18. The Labute approximate surface area is 127 Å². The largest absolute Gasteiger partial charge is 0.490 e. The van der Waals surface area contributed by atoms with Crippen molar-refractivity contribution in [2.75, 3.05) is 33.0 Å². The molecule has 1 aromatic carbocycles. The van der Waals surface area contributed by atoms with E-state index in [2.05, 4.69) is 25.2 Å². The van der Waals surface area contributed by atoms with E-state index in [-0.39, 0.29) is 0 Å². The number of fused-ring (bicyclic) bond motifs is 1. The molecule has 2 rings (SSSR count). The van der Waals surface area contributed by atoms with Crippen LogP contribution in [0.5, 0.6) is 11.5 Å². The van der Waals surface area contributed by atoms with Crippen LogP contribution in [-0.2, 0) is 11.3 Å². The first-order chi connectivity index (χ1) is 10.3. The van der Waals surface area contributed by atoms with Crippen LogP contribution in [-0.4, -0.2) is 33.0 Å². The highest BCUT2D eigenvalue weighted by atomic mass is 16.5. The summed E-state index contributed by atoms with van der Waals surface area (Å²) in [5.74, 6) is 2.46. The third-order valence-electron chi connectivity index (χ3n) is 3.43. The van der Waals surface area contributed by atoms with E-state index in [1.54, 1.807) is 0 Å². The van der Waals surface area contributed by atoms with Crippen LogP contribution < -0.4 is 14.8 Å². The first kappa shape index (κ1) is 16.1. The zero-order chi connectivity index (χ0) is 14.9. The normalized spacial score (nSPS) is 14.2. The van der Waals surface area contributed by atoms with Crippen LogP contribution in [0.25, 0.3) is 0 Å². The van der Waals surface area contributed by atoms with Gasteiger partial charge in [-0.2, -0.15) is 0 Å². The molecule has 1 N–H and O–H groups in total. The summed E-state index contributed by atoms with van der Waals surface area (Å²) < 4.78 is 17.1. The molecule has 21 heavy (non-hydrogen) atoms. The minimum absolute atomic E-state index is 0.704. The number of para-hydroxylation sites is 1. The Hall–Kier alpha value is -1.26. The quantitative estimate of drug-likeness (QED) is 0.748. The monoisotopic (exact) mass is 293 g/mol. The summed E-state index contributed by atoms with van der Waals surface area (Å²) in [5, 5.41) is 3.40. The smallest absolute Gasteiger partial charge is 0.165 e. The van der Waals surface area contributed by atoms with E-state index >= 15 is 0 Å². The fraction of sp³-hybridized carbons (Fsp3) is 0.647. The molecule has 0 bridgehead atoms. The van der Waals surface area contributed by atoms with E-state index in [0.29, 0.717) is 5.92 Å². The topological polar surface area (TPSA) is 39.7 Å². The Balaban J connectivity index is 1.71. The summed E-state index contributed by atoms with van der Waals surface area (Å²) in [6.07, 6.45) is 2.06. The minimum atomic E-state index is 0.704. The van der Waals surface area contributed by atoms with Gasteiger partial charge in [-0.3, -0.25) is 0 Å². The van der Waals surface area contributed by atoms with Gasteiger partial charge in [0.1, 0.15) is 0 Å². The second-order valence-electron chi connectivity index (χ2n) is 5.77. The molecule has 0 unspecified atom stereocenters. The lowest BCUT2D eigenvalue weighted by Gasteiger charge is -2.13. The molecule has 0 fully saturated rings. The average molecular weight is 293 g/mol. The third-order valence-corrected chi connectivity index (χ3v) is 3.43. The number of hydrogen-bond acceptors (Lipinski definition) is 4. The Morgan fingerprint density at radius 3 is 2.90 bits per heavy atom. The Kier molecular flexibility index (Phi) is 6.83. The molecule has 4 nitrogen and oxygen atoms in total. The number of nitrogens with one attached hydrogen (secondary N) is 1. The van der Waals surface area contributed by atoms with Gasteiger partial charge >= 0.3 is 0 Å². The summed E-state index contributed by atoms with van der Waals surface area (Å²) in [4.78, 5) is 0. The Morgan fingerprint density at radius 2 is 2.05 bits per heavy atom. The predicted octanol–water partition coefficient (Wildman–Crippen LogP) is 3.00. The van der Waals surface area contributed by atoms with Gasteiger partial charge < -0.3 is 19.5 Å². The van der Waals surface area contributed by atoms with Crippen molar-refractivity contribution < 1.29 is 14.2 Å². The van der Waals surface area contributed by atoms with Gasteiger partial charge in [0, 0.05) is 31.7 Å². The first-order valence-electron chi connectivity index (χ1n) is 7.93. The Bertz CT molecular complexity index is 420. The standard InChI is InChI=1S/C17H27NO3/c1-14(2)7-11-19-12-8-18-13-15-5-3-6-16-17(15)21-10-4-9-20-16/h3,5-6,14,18H,4,7-13H2,1-2H3. The molecule has 1 aromatic rings. The lowest BCUT2D eigenvalue weighted by Crippen LogP contribution is -2.20. The molecule has 1 aliphatic heterocycles. The third kappa shape index (κ3) is 5.56. The molecule has 1 heterocycles. The molecule has 0 radical (unpaired) electrons. The van der Waals surface area contributed by atoms with Gasteiger partial charge in [0.05, 0.1) is 19.8 Å². The summed E-state index contributed by atoms with van der Waals surface area (Å²) in [6, 6.07) is 6.07. The van der Waals surface area contributed by atoms with Gasteiger partial charge in [-0.05, 0) is 18.4 Å². The predicted molar refractivity (Wildman–Crippen MR) is 84.0 cm³/mol. The lowest BCUT2D eigenvalue weighted by atomic mass is 10.1. The van der Waals surface area contributed by atoms with Crippen molar-refractivity contribution >= 4 is 0 Å². The minimum Gasteiger partial charge on any atom is -0.490 e. The molecular weight excluding hydrogens is 266 g/mol. The van der Waals surface area contributed by atoms with Crippen LogP contribution in [0.1, 0.15) is 32.3 Å². The molecule has 4 heteroatoms. The summed E-state index contributed by atoms with van der Waals surface area (Å²) in [5.41, 5.74) is 1.15. The van der Waals surface area contributed by atoms with E-state index < -0.39 is 0 Å². The molecule has 0 spiro atoms. The van der Waals surface area contributed by atoms with Crippen molar-refractivity contribution in [2.45, 2.75) is 33.2 Å². The van der Waals surface area contributed by atoms with Gasteiger partial charge in [0.15, 0.2) is 11.5 Å². The van der Waals surface area contributed by atoms with Crippen molar-refractivity contribution in [1.82, 2.24) is 5.32 Å². The van der Waals surface area contributed by atoms with Crippen LogP contribution in [0.2, 0.25) is 0 Å². The van der Waals surface area contributed by atoms with Crippen molar-refractivity contribution in [3.8, 4) is 11.5 Å². The molecule has 118 valence electrons. The molecule has 0 amide bonds. The average Bonchev–Trinajstić information content (AvgIpc) is 2.71.